The van der Waals surface area contributed by atoms with Gasteiger partial charge in [-0.25, -0.2) is 4.52 Å². The van der Waals surface area contributed by atoms with Crippen LogP contribution in [-0.4, -0.2) is 9.61 Å². The lowest BCUT2D eigenvalue weighted by Crippen LogP contribution is -1.92. The van der Waals surface area contributed by atoms with Gasteiger partial charge in [0.2, 0.25) is 0 Å². The Balaban J connectivity index is 2.44. The van der Waals surface area contributed by atoms with E-state index in [1.54, 1.807) is 0 Å². The third kappa shape index (κ3) is 1.15. The Morgan fingerprint density at radius 2 is 1.61 bits per heavy atom. The van der Waals surface area contributed by atoms with E-state index < -0.39 is 0 Å². The van der Waals surface area contributed by atoms with Crippen LogP contribution >= 0.6 is 0 Å². The van der Waals surface area contributed by atoms with Gasteiger partial charge in [-0.15, -0.1) is 0 Å². The van der Waals surface area contributed by atoms with Gasteiger partial charge < -0.3 is 0 Å². The Hall–Kier alpha value is -2.35. The summed E-state index contributed by atoms with van der Waals surface area (Å²) in [7, 11) is 0. The third-order valence-electron chi connectivity index (χ3n) is 3.52. The number of hydrogen-bond donors (Lipinski definition) is 0. The molecule has 86 valence electrons. The molecule has 2 heteroatoms. The van der Waals surface area contributed by atoms with Crippen molar-refractivity contribution in [3.63, 3.8) is 0 Å². The van der Waals surface area contributed by atoms with E-state index in [4.69, 9.17) is 0 Å². The molecule has 4 rings (SSSR count). The van der Waals surface area contributed by atoms with Crippen LogP contribution in [0.1, 0.15) is 5.56 Å². The number of rotatable bonds is 0. The largest absolute Gasteiger partial charge is 0.232 e. The van der Waals surface area contributed by atoms with Crippen molar-refractivity contribution in [2.45, 2.75) is 6.92 Å². The van der Waals surface area contributed by atoms with Crippen LogP contribution < -0.4 is 0 Å². The fourth-order valence-electron chi connectivity index (χ4n) is 2.69. The quantitative estimate of drug-likeness (QED) is 0.420. The molecule has 0 amide bonds. The molecule has 0 aliphatic heterocycles. The highest BCUT2D eigenvalue weighted by Gasteiger charge is 2.08. The van der Waals surface area contributed by atoms with E-state index in [-0.39, 0.29) is 0 Å². The molecule has 0 N–H and O–H groups in total. The maximum absolute atomic E-state index is 4.44. The molecular weight excluding hydrogens is 220 g/mol. The standard InChI is InChI=1S/C16H12N2/c1-11-6-7-15-14(10-11)12-4-2-3-5-13(12)16-8-9-17-18(15)16/h2-10H,1H3. The predicted octanol–water partition coefficient (Wildman–Crippen LogP) is 3.95. The molecule has 4 aromatic rings. The normalized spacial score (nSPS) is 11.6. The molecule has 0 spiro atoms. The van der Waals surface area contributed by atoms with Crippen LogP contribution in [0.15, 0.2) is 54.7 Å². The van der Waals surface area contributed by atoms with Gasteiger partial charge in [-0.2, -0.15) is 5.10 Å². The summed E-state index contributed by atoms with van der Waals surface area (Å²) < 4.78 is 2.02. The smallest absolute Gasteiger partial charge is 0.0747 e. The number of pyridine rings is 1. The highest BCUT2D eigenvalue weighted by Crippen LogP contribution is 2.29. The molecule has 0 aliphatic rings. The first-order valence-corrected chi connectivity index (χ1v) is 6.09. The van der Waals surface area contributed by atoms with Gasteiger partial charge in [-0.1, -0.05) is 35.9 Å². The van der Waals surface area contributed by atoms with E-state index >= 15 is 0 Å². The maximum Gasteiger partial charge on any atom is 0.0747 e. The van der Waals surface area contributed by atoms with Crippen molar-refractivity contribution < 1.29 is 0 Å². The molecule has 0 saturated heterocycles. The van der Waals surface area contributed by atoms with Crippen molar-refractivity contribution >= 4 is 27.2 Å². The molecule has 0 bridgehead atoms. The van der Waals surface area contributed by atoms with Crippen LogP contribution in [0.5, 0.6) is 0 Å². The Morgan fingerprint density at radius 3 is 2.50 bits per heavy atom. The fraction of sp³-hybridized carbons (Fsp3) is 0.0625. The number of aryl methyl sites for hydroxylation is 1. The van der Waals surface area contributed by atoms with E-state index in [2.05, 4.69) is 60.6 Å². The minimum Gasteiger partial charge on any atom is -0.232 e. The molecule has 0 atom stereocenters. The van der Waals surface area contributed by atoms with Crippen LogP contribution in [-0.2, 0) is 0 Å². The van der Waals surface area contributed by atoms with E-state index in [1.165, 1.54) is 32.8 Å². The third-order valence-corrected chi connectivity index (χ3v) is 3.52. The van der Waals surface area contributed by atoms with Crippen LogP contribution in [0.3, 0.4) is 0 Å². The number of aromatic nitrogens is 2. The second-order valence-corrected chi connectivity index (χ2v) is 4.69. The Kier molecular flexibility index (Phi) is 1.78. The second kappa shape index (κ2) is 3.33. The molecule has 2 aromatic heterocycles. The number of nitrogens with zero attached hydrogens (tertiary/aromatic N) is 2. The van der Waals surface area contributed by atoms with Gasteiger partial charge in [0.15, 0.2) is 0 Å². The first-order valence-electron chi connectivity index (χ1n) is 6.09. The molecule has 18 heavy (non-hydrogen) atoms. The highest BCUT2D eigenvalue weighted by molar-refractivity contribution is 6.12. The maximum atomic E-state index is 4.44. The van der Waals surface area contributed by atoms with Crippen molar-refractivity contribution in [3.8, 4) is 0 Å². The topological polar surface area (TPSA) is 17.3 Å². The molecule has 2 aromatic carbocycles. The lowest BCUT2D eigenvalue weighted by atomic mass is 10.0. The van der Waals surface area contributed by atoms with Crippen molar-refractivity contribution in [2.24, 2.45) is 0 Å². The van der Waals surface area contributed by atoms with Gasteiger partial charge in [0, 0.05) is 10.8 Å². The lowest BCUT2D eigenvalue weighted by Gasteiger charge is -2.08. The summed E-state index contributed by atoms with van der Waals surface area (Å²) in [5, 5.41) is 8.26. The zero-order valence-corrected chi connectivity index (χ0v) is 10.1. The minimum absolute atomic E-state index is 1.17. The average Bonchev–Trinajstić information content (AvgIpc) is 2.88. The molecule has 0 saturated carbocycles. The van der Waals surface area contributed by atoms with Gasteiger partial charge in [-0.05, 0) is 30.5 Å². The summed E-state index contributed by atoms with van der Waals surface area (Å²) in [6.07, 6.45) is 1.86. The van der Waals surface area contributed by atoms with Gasteiger partial charge in [-0.3, -0.25) is 0 Å². The Morgan fingerprint density at radius 1 is 0.833 bits per heavy atom. The summed E-state index contributed by atoms with van der Waals surface area (Å²) >= 11 is 0. The molecule has 2 nitrogen and oxygen atoms in total. The molecule has 0 fully saturated rings. The Labute approximate surface area is 104 Å². The summed E-state index contributed by atoms with van der Waals surface area (Å²) in [6.45, 7) is 2.13. The fourth-order valence-corrected chi connectivity index (χ4v) is 2.69. The summed E-state index contributed by atoms with van der Waals surface area (Å²) in [5.74, 6) is 0. The second-order valence-electron chi connectivity index (χ2n) is 4.69. The highest BCUT2D eigenvalue weighted by atomic mass is 15.2. The lowest BCUT2D eigenvalue weighted by molar-refractivity contribution is 1.01. The Bertz CT molecular complexity index is 887. The van der Waals surface area contributed by atoms with Crippen molar-refractivity contribution in [1.29, 1.82) is 0 Å². The predicted molar refractivity (Wildman–Crippen MR) is 74.9 cm³/mol. The van der Waals surface area contributed by atoms with Gasteiger partial charge >= 0.3 is 0 Å². The van der Waals surface area contributed by atoms with Crippen LogP contribution in [0.25, 0.3) is 27.2 Å². The number of fused-ring (bicyclic) bond motifs is 6. The number of hydrogen-bond acceptors (Lipinski definition) is 1. The first kappa shape index (κ1) is 9.66. The average molecular weight is 232 g/mol. The van der Waals surface area contributed by atoms with Gasteiger partial charge in [0.25, 0.3) is 0 Å². The minimum atomic E-state index is 1.17. The molecular formula is C16H12N2. The summed E-state index contributed by atoms with van der Waals surface area (Å²) in [5.41, 5.74) is 3.61. The van der Waals surface area contributed by atoms with E-state index in [0.717, 1.165) is 0 Å². The molecule has 0 unspecified atom stereocenters. The van der Waals surface area contributed by atoms with Crippen LogP contribution in [0, 0.1) is 6.92 Å². The van der Waals surface area contributed by atoms with E-state index in [1.807, 2.05) is 10.7 Å². The van der Waals surface area contributed by atoms with E-state index in [0.29, 0.717) is 0 Å². The van der Waals surface area contributed by atoms with E-state index in [9.17, 15) is 0 Å². The summed E-state index contributed by atoms with van der Waals surface area (Å²) in [6, 6.07) is 17.1. The number of benzene rings is 2. The van der Waals surface area contributed by atoms with Gasteiger partial charge in [0.05, 0.1) is 17.2 Å². The van der Waals surface area contributed by atoms with Crippen molar-refractivity contribution in [3.05, 3.63) is 60.3 Å². The van der Waals surface area contributed by atoms with Crippen LogP contribution in [0.4, 0.5) is 0 Å². The zero-order chi connectivity index (χ0) is 12.1. The first-order chi connectivity index (χ1) is 8.84. The van der Waals surface area contributed by atoms with Crippen molar-refractivity contribution in [2.75, 3.05) is 0 Å². The van der Waals surface area contributed by atoms with Crippen molar-refractivity contribution in [1.82, 2.24) is 9.61 Å². The SMILES string of the molecule is Cc1ccc2c(c1)c1ccccc1c1ccnn12. The zero-order valence-electron chi connectivity index (χ0n) is 10.1. The molecule has 0 radical (unpaired) electrons. The summed E-state index contributed by atoms with van der Waals surface area (Å²) in [4.78, 5) is 0. The molecule has 2 heterocycles. The van der Waals surface area contributed by atoms with Gasteiger partial charge in [0.1, 0.15) is 0 Å². The molecule has 0 aliphatic carbocycles. The monoisotopic (exact) mass is 232 g/mol. The van der Waals surface area contributed by atoms with Crippen LogP contribution in [0.2, 0.25) is 0 Å².